The highest BCUT2D eigenvalue weighted by Gasteiger charge is 2.68. The maximum absolute atomic E-state index is 13.2. The number of likely N-dealkylation sites (N-methyl/N-ethyl adjacent to an activating group) is 1. The first-order valence-electron chi connectivity index (χ1n) is 8.17. The van der Waals surface area contributed by atoms with E-state index in [-0.39, 0.29) is 24.3 Å². The maximum Gasteiger partial charge on any atom is 0.327 e. The van der Waals surface area contributed by atoms with Gasteiger partial charge in [-0.3, -0.25) is 24.1 Å². The van der Waals surface area contributed by atoms with Crippen molar-refractivity contribution < 1.29 is 34.1 Å². The summed E-state index contributed by atoms with van der Waals surface area (Å²) in [6.45, 7) is 0.171. The van der Waals surface area contributed by atoms with Crippen LogP contribution in [0.15, 0.2) is 30.3 Å². The molecule has 2 saturated heterocycles. The highest BCUT2D eigenvalue weighted by atomic mass is 16.5. The molecule has 3 rings (SSSR count). The molecule has 2 fully saturated rings. The molecule has 146 valence electrons. The second-order valence-corrected chi connectivity index (χ2v) is 6.48. The lowest BCUT2D eigenvalue weighted by Gasteiger charge is -2.36. The van der Waals surface area contributed by atoms with E-state index in [0.29, 0.717) is 5.69 Å². The predicted molar refractivity (Wildman–Crippen MR) is 93.5 cm³/mol. The quantitative estimate of drug-likeness (QED) is 0.505. The number of fused-ring (bicyclic) bond motifs is 1. The van der Waals surface area contributed by atoms with Crippen molar-refractivity contribution in [3.8, 4) is 0 Å². The first-order valence-corrected chi connectivity index (χ1v) is 8.17. The highest BCUT2D eigenvalue weighted by Crippen LogP contribution is 2.48. The van der Waals surface area contributed by atoms with Crippen LogP contribution < -0.4 is 4.90 Å². The Kier molecular flexibility index (Phi) is 5.67. The summed E-state index contributed by atoms with van der Waals surface area (Å²) in [6.07, 6.45) is -0.366. The van der Waals surface area contributed by atoms with E-state index < -0.39 is 35.2 Å². The number of hydrogen-bond acceptors (Lipinski definition) is 7. The van der Waals surface area contributed by atoms with E-state index in [2.05, 4.69) is 0 Å². The SMILES string of the molecule is COC(=O)C[C@@]1(C(=O)OC)[C@H]2C(=O)N(c3ccccc3)C(=O)[C@H]2CN1C.O. The Bertz CT molecular complexity index is 766. The van der Waals surface area contributed by atoms with Crippen molar-refractivity contribution in [1.82, 2.24) is 4.90 Å². The van der Waals surface area contributed by atoms with E-state index in [1.54, 1.807) is 42.3 Å². The average molecular weight is 378 g/mol. The number of imide groups is 1. The normalized spacial score (nSPS) is 27.1. The fourth-order valence-corrected chi connectivity index (χ4v) is 4.04. The number of para-hydroxylation sites is 1. The van der Waals surface area contributed by atoms with E-state index in [9.17, 15) is 19.2 Å². The maximum atomic E-state index is 13.2. The second kappa shape index (κ2) is 7.45. The van der Waals surface area contributed by atoms with Crippen LogP contribution in [-0.4, -0.2) is 67.5 Å². The van der Waals surface area contributed by atoms with Crippen LogP contribution in [-0.2, 0) is 28.7 Å². The minimum absolute atomic E-state index is 0. The molecule has 0 unspecified atom stereocenters. The van der Waals surface area contributed by atoms with Crippen molar-refractivity contribution in [3.05, 3.63) is 30.3 Å². The predicted octanol–water partition coefficient (Wildman–Crippen LogP) is -0.612. The summed E-state index contributed by atoms with van der Waals surface area (Å²) in [6, 6.07) is 8.52. The zero-order valence-electron chi connectivity index (χ0n) is 15.3. The van der Waals surface area contributed by atoms with Crippen molar-refractivity contribution >= 4 is 29.4 Å². The van der Waals surface area contributed by atoms with Gasteiger partial charge in [0.2, 0.25) is 11.8 Å². The summed E-state index contributed by atoms with van der Waals surface area (Å²) in [5.74, 6) is -4.00. The Labute approximate surface area is 156 Å². The third-order valence-corrected chi connectivity index (χ3v) is 5.29. The minimum Gasteiger partial charge on any atom is -0.469 e. The van der Waals surface area contributed by atoms with E-state index in [0.717, 1.165) is 4.90 Å². The molecule has 0 aromatic heterocycles. The molecule has 1 aromatic rings. The van der Waals surface area contributed by atoms with Gasteiger partial charge in [-0.25, -0.2) is 4.90 Å². The van der Waals surface area contributed by atoms with E-state index >= 15 is 0 Å². The number of likely N-dealkylation sites (tertiary alicyclic amines) is 1. The number of anilines is 1. The first-order chi connectivity index (χ1) is 12.4. The largest absolute Gasteiger partial charge is 0.469 e. The lowest BCUT2D eigenvalue weighted by atomic mass is 9.78. The van der Waals surface area contributed by atoms with Crippen molar-refractivity contribution in [2.24, 2.45) is 11.8 Å². The molecule has 0 saturated carbocycles. The fraction of sp³-hybridized carbons (Fsp3) is 0.444. The summed E-state index contributed by atoms with van der Waals surface area (Å²) >= 11 is 0. The number of ether oxygens (including phenoxy) is 2. The van der Waals surface area contributed by atoms with Gasteiger partial charge in [0.1, 0.15) is 5.54 Å². The number of methoxy groups -OCH3 is 2. The topological polar surface area (TPSA) is 125 Å². The van der Waals surface area contributed by atoms with Crippen LogP contribution >= 0.6 is 0 Å². The van der Waals surface area contributed by atoms with Crippen LogP contribution in [0.5, 0.6) is 0 Å². The van der Waals surface area contributed by atoms with Crippen molar-refractivity contribution in [2.45, 2.75) is 12.0 Å². The van der Waals surface area contributed by atoms with Gasteiger partial charge in [0.05, 0.1) is 38.2 Å². The van der Waals surface area contributed by atoms with Crippen LogP contribution in [0.3, 0.4) is 0 Å². The third-order valence-electron chi connectivity index (χ3n) is 5.29. The van der Waals surface area contributed by atoms with Gasteiger partial charge in [-0.1, -0.05) is 18.2 Å². The first kappa shape index (κ1) is 20.5. The summed E-state index contributed by atoms with van der Waals surface area (Å²) in [5.41, 5.74) is -1.13. The average Bonchev–Trinajstić information content (AvgIpc) is 3.07. The van der Waals surface area contributed by atoms with E-state index in [4.69, 9.17) is 9.47 Å². The number of carbonyl (C=O) groups is 4. The minimum atomic E-state index is -1.57. The zero-order valence-corrected chi connectivity index (χ0v) is 15.3. The lowest BCUT2D eigenvalue weighted by molar-refractivity contribution is -0.163. The summed E-state index contributed by atoms with van der Waals surface area (Å²) < 4.78 is 9.63. The monoisotopic (exact) mass is 378 g/mol. The van der Waals surface area contributed by atoms with Crippen LogP contribution in [0.4, 0.5) is 5.69 Å². The van der Waals surface area contributed by atoms with Crippen molar-refractivity contribution in [2.75, 3.05) is 32.7 Å². The number of nitrogens with zero attached hydrogens (tertiary/aromatic N) is 2. The molecule has 0 radical (unpaired) electrons. The van der Waals surface area contributed by atoms with Gasteiger partial charge in [-0.2, -0.15) is 0 Å². The molecule has 2 aliphatic heterocycles. The standard InChI is InChI=1S/C18H20N2O6.H2O/c1-19-10-12-14(18(19,17(24)26-3)9-13(21)25-2)16(23)20(15(12)22)11-7-5-4-6-8-11;/h4-8,12,14H,9-10H2,1-3H3;1H2/t12-,14+,18-;/m0./s1. The number of hydrogen-bond donors (Lipinski definition) is 0. The summed E-state index contributed by atoms with van der Waals surface area (Å²) in [7, 11) is 4.00. The number of rotatable bonds is 4. The van der Waals surface area contributed by atoms with Crippen molar-refractivity contribution in [1.29, 1.82) is 0 Å². The van der Waals surface area contributed by atoms with E-state index in [1.165, 1.54) is 14.2 Å². The molecular formula is C18H22N2O7. The molecule has 27 heavy (non-hydrogen) atoms. The Morgan fingerprint density at radius 1 is 1.11 bits per heavy atom. The van der Waals surface area contributed by atoms with E-state index in [1.807, 2.05) is 0 Å². The fourth-order valence-electron chi connectivity index (χ4n) is 4.04. The van der Waals surface area contributed by atoms with Gasteiger partial charge in [-0.15, -0.1) is 0 Å². The lowest BCUT2D eigenvalue weighted by Crippen LogP contribution is -2.57. The van der Waals surface area contributed by atoms with Crippen LogP contribution in [0.1, 0.15) is 6.42 Å². The molecule has 0 aliphatic carbocycles. The van der Waals surface area contributed by atoms with Crippen LogP contribution in [0, 0.1) is 11.8 Å². The van der Waals surface area contributed by atoms with Gasteiger partial charge in [-0.05, 0) is 19.2 Å². The molecule has 9 nitrogen and oxygen atoms in total. The molecule has 2 amide bonds. The van der Waals surface area contributed by atoms with Gasteiger partial charge in [0.15, 0.2) is 0 Å². The van der Waals surface area contributed by atoms with Gasteiger partial charge in [0, 0.05) is 6.54 Å². The molecule has 0 bridgehead atoms. The van der Waals surface area contributed by atoms with Crippen molar-refractivity contribution in [3.63, 3.8) is 0 Å². The summed E-state index contributed by atoms with van der Waals surface area (Å²) in [5, 5.41) is 0. The molecular weight excluding hydrogens is 356 g/mol. The number of benzene rings is 1. The second-order valence-electron chi connectivity index (χ2n) is 6.48. The number of carbonyl (C=O) groups excluding carboxylic acids is 4. The molecule has 3 atom stereocenters. The number of esters is 2. The Morgan fingerprint density at radius 3 is 2.30 bits per heavy atom. The zero-order chi connectivity index (χ0) is 19.1. The Morgan fingerprint density at radius 2 is 1.74 bits per heavy atom. The summed E-state index contributed by atoms with van der Waals surface area (Å²) in [4.78, 5) is 53.4. The highest BCUT2D eigenvalue weighted by molar-refractivity contribution is 6.24. The molecule has 0 spiro atoms. The molecule has 1 aromatic carbocycles. The van der Waals surface area contributed by atoms with Gasteiger partial charge < -0.3 is 14.9 Å². The van der Waals surface area contributed by atoms with Gasteiger partial charge >= 0.3 is 11.9 Å². The molecule has 9 heteroatoms. The smallest absolute Gasteiger partial charge is 0.327 e. The third kappa shape index (κ3) is 2.88. The van der Waals surface area contributed by atoms with Crippen LogP contribution in [0.25, 0.3) is 0 Å². The molecule has 2 N–H and O–H groups in total. The number of amides is 2. The Hall–Kier alpha value is -2.78. The van der Waals surface area contributed by atoms with Gasteiger partial charge in [0.25, 0.3) is 0 Å². The molecule has 2 aliphatic rings. The molecule has 2 heterocycles. The Balaban J connectivity index is 0.00000261. The van der Waals surface area contributed by atoms with Crippen LogP contribution in [0.2, 0.25) is 0 Å².